The summed E-state index contributed by atoms with van der Waals surface area (Å²) in [6.45, 7) is 2.67. The van der Waals surface area contributed by atoms with Gasteiger partial charge in [-0.3, -0.25) is 9.63 Å². The van der Waals surface area contributed by atoms with E-state index in [1.54, 1.807) is 4.90 Å². The molecule has 0 fully saturated rings. The highest BCUT2D eigenvalue weighted by Gasteiger charge is 2.22. The van der Waals surface area contributed by atoms with E-state index in [1.807, 2.05) is 30.3 Å². The van der Waals surface area contributed by atoms with E-state index in [-0.39, 0.29) is 10.8 Å². The van der Waals surface area contributed by atoms with Crippen LogP contribution in [0.15, 0.2) is 59.5 Å². The average molecular weight is 376 g/mol. The number of benzene rings is 2. The lowest BCUT2D eigenvalue weighted by Crippen LogP contribution is -2.32. The molecule has 0 saturated heterocycles. The maximum Gasteiger partial charge on any atom is 0.264 e. The molecule has 0 radical (unpaired) electrons. The Morgan fingerprint density at radius 2 is 1.65 bits per heavy atom. The van der Waals surface area contributed by atoms with Crippen LogP contribution in [0.25, 0.3) is 0 Å². The molecule has 7 heteroatoms. The Balaban J connectivity index is 2.29. The highest BCUT2D eigenvalue weighted by molar-refractivity contribution is 7.89. The largest absolute Gasteiger partial charge is 0.308 e. The third-order valence-corrected chi connectivity index (χ3v) is 5.74. The molecule has 6 nitrogen and oxygen atoms in total. The number of rotatable bonds is 8. The van der Waals surface area contributed by atoms with Crippen LogP contribution in [0.1, 0.15) is 30.1 Å². The molecule has 1 amide bonds. The predicted molar refractivity (Wildman–Crippen MR) is 101 cm³/mol. The Morgan fingerprint density at radius 1 is 1.04 bits per heavy atom. The average Bonchev–Trinajstić information content (AvgIpc) is 2.68. The van der Waals surface area contributed by atoms with Crippen LogP contribution in [0.2, 0.25) is 0 Å². The van der Waals surface area contributed by atoms with Gasteiger partial charge in [-0.25, -0.2) is 8.42 Å². The van der Waals surface area contributed by atoms with Gasteiger partial charge in [0.05, 0.1) is 12.0 Å². The van der Waals surface area contributed by atoms with Gasteiger partial charge >= 0.3 is 0 Å². The Bertz CT molecular complexity index is 820. The summed E-state index contributed by atoms with van der Waals surface area (Å²) in [5.74, 6) is -0.159. The van der Waals surface area contributed by atoms with Crippen molar-refractivity contribution >= 4 is 21.6 Å². The second-order valence-corrected chi connectivity index (χ2v) is 7.70. The molecule has 26 heavy (non-hydrogen) atoms. The molecular weight excluding hydrogens is 352 g/mol. The van der Waals surface area contributed by atoms with E-state index in [2.05, 4.69) is 6.92 Å². The van der Waals surface area contributed by atoms with Gasteiger partial charge in [-0.1, -0.05) is 36.0 Å². The Hall–Kier alpha value is -2.22. The molecule has 0 saturated carbocycles. The van der Waals surface area contributed by atoms with Crippen LogP contribution in [-0.2, 0) is 14.9 Å². The molecule has 0 spiro atoms. The fourth-order valence-electron chi connectivity index (χ4n) is 2.44. The van der Waals surface area contributed by atoms with Gasteiger partial charge < -0.3 is 4.90 Å². The molecular formula is C19H24N2O4S. The second-order valence-electron chi connectivity index (χ2n) is 5.77. The first-order chi connectivity index (χ1) is 12.4. The first kappa shape index (κ1) is 20.1. The number of amides is 1. The molecule has 2 aromatic carbocycles. The Kier molecular flexibility index (Phi) is 6.90. The number of unbranched alkanes of at least 4 members (excludes halogenated alkanes) is 1. The van der Waals surface area contributed by atoms with Crippen molar-refractivity contribution < 1.29 is 18.0 Å². The monoisotopic (exact) mass is 376 g/mol. The normalized spacial score (nSPS) is 11.5. The lowest BCUT2D eigenvalue weighted by molar-refractivity contribution is -0.0258. The highest BCUT2D eigenvalue weighted by Crippen LogP contribution is 2.20. The van der Waals surface area contributed by atoms with Crippen molar-refractivity contribution in [2.75, 3.05) is 25.6 Å². The van der Waals surface area contributed by atoms with Gasteiger partial charge in [-0.05, 0) is 42.8 Å². The van der Waals surface area contributed by atoms with E-state index in [0.29, 0.717) is 12.1 Å². The molecule has 0 unspecified atom stereocenters. The molecule has 0 atom stereocenters. The Labute approximate surface area is 155 Å². The predicted octanol–water partition coefficient (Wildman–Crippen LogP) is 3.32. The standard InChI is InChI=1S/C19H24N2O4S/c1-4-5-15-21(17-9-7-6-8-10-17)19(22)16-11-13-18(14-12-16)26(23,24)20(2)25-3/h6-14H,4-5,15H2,1-3H3. The molecule has 140 valence electrons. The van der Waals surface area contributed by atoms with Crippen molar-refractivity contribution in [1.29, 1.82) is 0 Å². The summed E-state index contributed by atoms with van der Waals surface area (Å²) in [7, 11) is -1.14. The number of hydroxylamine groups is 1. The number of hydrogen-bond acceptors (Lipinski definition) is 4. The SMILES string of the molecule is CCCCN(C(=O)c1ccc(S(=O)(=O)N(C)OC)cc1)c1ccccc1. The fourth-order valence-corrected chi connectivity index (χ4v) is 3.42. The van der Waals surface area contributed by atoms with E-state index in [9.17, 15) is 13.2 Å². The molecule has 0 aliphatic carbocycles. The first-order valence-electron chi connectivity index (χ1n) is 8.41. The molecule has 0 aliphatic heterocycles. The summed E-state index contributed by atoms with van der Waals surface area (Å²) in [5.41, 5.74) is 1.26. The van der Waals surface area contributed by atoms with E-state index in [0.717, 1.165) is 23.0 Å². The van der Waals surface area contributed by atoms with E-state index in [1.165, 1.54) is 38.4 Å². The number of hydrogen-bond donors (Lipinski definition) is 0. The number of nitrogens with zero attached hydrogens (tertiary/aromatic N) is 2. The van der Waals surface area contributed by atoms with Crippen molar-refractivity contribution in [1.82, 2.24) is 4.47 Å². The molecule has 2 rings (SSSR count). The molecule has 0 bridgehead atoms. The van der Waals surface area contributed by atoms with E-state index < -0.39 is 10.0 Å². The number of anilines is 1. The van der Waals surface area contributed by atoms with Crippen molar-refractivity contribution in [3.05, 3.63) is 60.2 Å². The van der Waals surface area contributed by atoms with Crippen LogP contribution < -0.4 is 4.90 Å². The van der Waals surface area contributed by atoms with Gasteiger partial charge in [0.15, 0.2) is 0 Å². The maximum absolute atomic E-state index is 12.9. The van der Waals surface area contributed by atoms with Crippen molar-refractivity contribution in [3.63, 3.8) is 0 Å². The van der Waals surface area contributed by atoms with E-state index >= 15 is 0 Å². The van der Waals surface area contributed by atoms with Gasteiger partial charge in [-0.2, -0.15) is 0 Å². The summed E-state index contributed by atoms with van der Waals surface area (Å²) < 4.78 is 25.3. The van der Waals surface area contributed by atoms with Gasteiger partial charge in [0.1, 0.15) is 0 Å². The zero-order valence-corrected chi connectivity index (χ0v) is 16.1. The van der Waals surface area contributed by atoms with Crippen molar-refractivity contribution in [2.45, 2.75) is 24.7 Å². The van der Waals surface area contributed by atoms with Crippen LogP contribution >= 0.6 is 0 Å². The zero-order chi connectivity index (χ0) is 19.2. The van der Waals surface area contributed by atoms with E-state index in [4.69, 9.17) is 4.84 Å². The van der Waals surface area contributed by atoms with Crippen LogP contribution in [0.4, 0.5) is 5.69 Å². The van der Waals surface area contributed by atoms with Crippen molar-refractivity contribution in [2.24, 2.45) is 0 Å². The summed E-state index contributed by atoms with van der Waals surface area (Å²) in [5, 5.41) is 0. The molecule has 0 aromatic heterocycles. The second kappa shape index (κ2) is 8.93. The third kappa shape index (κ3) is 4.49. The molecule has 0 N–H and O–H groups in total. The molecule has 0 aliphatic rings. The Morgan fingerprint density at radius 3 is 2.19 bits per heavy atom. The quantitative estimate of drug-likeness (QED) is 0.663. The summed E-state index contributed by atoms with van der Waals surface area (Å²) >= 11 is 0. The summed E-state index contributed by atoms with van der Waals surface area (Å²) in [6.07, 6.45) is 1.85. The minimum absolute atomic E-state index is 0.0678. The third-order valence-electron chi connectivity index (χ3n) is 4.04. The fraction of sp³-hybridized carbons (Fsp3) is 0.316. The number of carbonyl (C=O) groups excluding carboxylic acids is 1. The molecule has 0 heterocycles. The van der Waals surface area contributed by atoms with Crippen LogP contribution in [0, 0.1) is 0 Å². The van der Waals surface area contributed by atoms with Crippen molar-refractivity contribution in [3.8, 4) is 0 Å². The lowest BCUT2D eigenvalue weighted by Gasteiger charge is -2.23. The number of sulfonamides is 1. The van der Waals surface area contributed by atoms with Gasteiger partial charge in [0.25, 0.3) is 15.9 Å². The smallest absolute Gasteiger partial charge is 0.264 e. The first-order valence-corrected chi connectivity index (χ1v) is 9.85. The van der Waals surface area contributed by atoms with Gasteiger partial charge in [0.2, 0.25) is 0 Å². The summed E-state index contributed by atoms with van der Waals surface area (Å²) in [6, 6.07) is 15.3. The topological polar surface area (TPSA) is 66.9 Å². The minimum Gasteiger partial charge on any atom is -0.308 e. The van der Waals surface area contributed by atoms with Crippen LogP contribution in [0.5, 0.6) is 0 Å². The van der Waals surface area contributed by atoms with Gasteiger partial charge in [0, 0.05) is 24.8 Å². The number of para-hydroxylation sites is 1. The minimum atomic E-state index is -3.73. The lowest BCUT2D eigenvalue weighted by atomic mass is 10.1. The summed E-state index contributed by atoms with van der Waals surface area (Å²) in [4.78, 5) is 19.5. The highest BCUT2D eigenvalue weighted by atomic mass is 32.2. The molecule has 2 aromatic rings. The number of carbonyl (C=O) groups is 1. The maximum atomic E-state index is 12.9. The zero-order valence-electron chi connectivity index (χ0n) is 15.3. The van der Waals surface area contributed by atoms with Crippen LogP contribution in [0.3, 0.4) is 0 Å². The van der Waals surface area contributed by atoms with Gasteiger partial charge in [-0.15, -0.1) is 0 Å². The van der Waals surface area contributed by atoms with Crippen LogP contribution in [-0.4, -0.2) is 39.5 Å².